The van der Waals surface area contributed by atoms with E-state index in [-0.39, 0.29) is 10.8 Å². The number of aromatic nitrogens is 1. The van der Waals surface area contributed by atoms with Crippen molar-refractivity contribution in [3.8, 4) is 11.3 Å². The monoisotopic (exact) mass is 518 g/mol. The number of hydrogen-bond acceptors (Lipinski definition) is 1. The van der Waals surface area contributed by atoms with Crippen molar-refractivity contribution in [1.29, 1.82) is 0 Å². The van der Waals surface area contributed by atoms with Crippen LogP contribution in [0.15, 0.2) is 64.5 Å². The Balaban J connectivity index is 1.77. The zero-order valence-electron chi connectivity index (χ0n) is 24.5. The van der Waals surface area contributed by atoms with Crippen LogP contribution in [0.5, 0.6) is 0 Å². The van der Waals surface area contributed by atoms with Gasteiger partial charge in [-0.1, -0.05) is 89.7 Å². The van der Waals surface area contributed by atoms with E-state index in [2.05, 4.69) is 122 Å². The van der Waals surface area contributed by atoms with Crippen LogP contribution in [0.3, 0.4) is 0 Å². The van der Waals surface area contributed by atoms with Crippen LogP contribution < -0.4 is 4.57 Å². The van der Waals surface area contributed by atoms with E-state index >= 15 is 0 Å². The summed E-state index contributed by atoms with van der Waals surface area (Å²) in [5, 5.41) is 8.39. The highest BCUT2D eigenvalue weighted by molar-refractivity contribution is 8.00. The molecule has 0 bridgehead atoms. The van der Waals surface area contributed by atoms with E-state index in [1.165, 1.54) is 75.6 Å². The van der Waals surface area contributed by atoms with E-state index in [0.29, 0.717) is 0 Å². The van der Waals surface area contributed by atoms with Gasteiger partial charge >= 0.3 is 0 Å². The molecule has 1 aliphatic rings. The number of pyridine rings is 1. The van der Waals surface area contributed by atoms with E-state index in [0.717, 1.165) is 12.8 Å². The van der Waals surface area contributed by atoms with Crippen LogP contribution in [0.1, 0.15) is 63.8 Å². The third-order valence-electron chi connectivity index (χ3n) is 8.12. The molecule has 0 unspecified atom stereocenters. The molecule has 5 aromatic rings. The van der Waals surface area contributed by atoms with Gasteiger partial charge in [0.25, 0.3) is 0 Å². The van der Waals surface area contributed by atoms with Crippen molar-refractivity contribution in [2.75, 3.05) is 0 Å². The first-order valence-electron chi connectivity index (χ1n) is 13.9. The van der Waals surface area contributed by atoms with Crippen LogP contribution in [0.4, 0.5) is 0 Å². The summed E-state index contributed by atoms with van der Waals surface area (Å²) in [7, 11) is 2.22. The third kappa shape index (κ3) is 4.04. The van der Waals surface area contributed by atoms with Crippen LogP contribution in [-0.2, 0) is 19.9 Å². The van der Waals surface area contributed by atoms with Crippen LogP contribution >= 0.6 is 11.8 Å². The van der Waals surface area contributed by atoms with Crippen LogP contribution in [0.25, 0.3) is 43.6 Å². The summed E-state index contributed by atoms with van der Waals surface area (Å²) < 4.78 is 2.36. The van der Waals surface area contributed by atoms with Crippen LogP contribution in [0.2, 0.25) is 0 Å². The molecule has 0 amide bonds. The fourth-order valence-electron chi connectivity index (χ4n) is 6.51. The zero-order valence-corrected chi connectivity index (χ0v) is 25.3. The molecule has 4 aromatic carbocycles. The lowest BCUT2D eigenvalue weighted by atomic mass is 9.82. The number of rotatable bonds is 2. The number of aryl methyl sites for hydroxylation is 3. The topological polar surface area (TPSA) is 3.88 Å². The van der Waals surface area contributed by atoms with E-state index in [9.17, 15) is 0 Å². The average Bonchev–Trinajstić information content (AvgIpc) is 2.83. The minimum Gasteiger partial charge on any atom is -0.200 e. The molecule has 0 spiro atoms. The summed E-state index contributed by atoms with van der Waals surface area (Å²) in [6.45, 7) is 18.8. The maximum atomic E-state index is 2.52. The van der Waals surface area contributed by atoms with Gasteiger partial charge in [0.15, 0.2) is 6.20 Å². The minimum absolute atomic E-state index is 0.196. The van der Waals surface area contributed by atoms with Gasteiger partial charge in [-0.25, -0.2) is 4.57 Å². The molecule has 194 valence electrons. The molecule has 1 aromatic heterocycles. The molecule has 0 radical (unpaired) electrons. The first-order chi connectivity index (χ1) is 17.8. The smallest absolute Gasteiger partial charge is 0.200 e. The highest BCUT2D eigenvalue weighted by Gasteiger charge is 2.33. The lowest BCUT2D eigenvalue weighted by molar-refractivity contribution is -0.659. The SMILES string of the molecule is Cc1ccc2c(cc3c4c([n+](C)ccc42)-c2c(c(CC(C)(C)C)c4ccccc4c2C)S3)c1CC(C)(C)C. The summed E-state index contributed by atoms with van der Waals surface area (Å²) in [6, 6.07) is 18.6. The van der Waals surface area contributed by atoms with Gasteiger partial charge in [0.2, 0.25) is 5.69 Å². The summed E-state index contributed by atoms with van der Waals surface area (Å²) >= 11 is 2.01. The molecular formula is C36H40NS+. The van der Waals surface area contributed by atoms with Gasteiger partial charge in [0, 0.05) is 21.2 Å². The number of hydrogen-bond donors (Lipinski definition) is 0. The highest BCUT2D eigenvalue weighted by Crippen LogP contribution is 2.53. The normalized spacial score (nSPS) is 13.5. The van der Waals surface area contributed by atoms with Crippen molar-refractivity contribution >= 4 is 44.1 Å². The Morgan fingerprint density at radius 3 is 2.05 bits per heavy atom. The highest BCUT2D eigenvalue weighted by atomic mass is 32.2. The lowest BCUT2D eigenvalue weighted by Gasteiger charge is -2.28. The molecular weight excluding hydrogens is 478 g/mol. The molecule has 0 saturated carbocycles. The first kappa shape index (κ1) is 25.4. The molecule has 1 nitrogen and oxygen atoms in total. The van der Waals surface area contributed by atoms with Crippen LogP contribution in [0, 0.1) is 24.7 Å². The molecule has 0 atom stereocenters. The Hall–Kier alpha value is -2.84. The Labute approximate surface area is 232 Å². The molecule has 1 aliphatic heterocycles. The second-order valence-electron chi connectivity index (χ2n) is 13.8. The van der Waals surface area contributed by atoms with Gasteiger partial charge in [0.05, 0.1) is 10.9 Å². The maximum absolute atomic E-state index is 2.52. The molecule has 0 saturated heterocycles. The fraction of sp³-hybridized carbons (Fsp3) is 0.361. The van der Waals surface area contributed by atoms with E-state index < -0.39 is 0 Å². The van der Waals surface area contributed by atoms with Gasteiger partial charge in [-0.2, -0.15) is 0 Å². The van der Waals surface area contributed by atoms with Crippen molar-refractivity contribution in [2.24, 2.45) is 17.9 Å². The molecule has 0 aliphatic carbocycles. The Kier molecular flexibility index (Phi) is 5.74. The van der Waals surface area contributed by atoms with Crippen molar-refractivity contribution < 1.29 is 4.57 Å². The second-order valence-corrected chi connectivity index (χ2v) is 14.9. The third-order valence-corrected chi connectivity index (χ3v) is 9.32. The summed E-state index contributed by atoms with van der Waals surface area (Å²) in [5.41, 5.74) is 9.01. The summed E-state index contributed by atoms with van der Waals surface area (Å²) in [6.07, 6.45) is 4.41. The predicted octanol–water partition coefficient (Wildman–Crippen LogP) is 9.90. The van der Waals surface area contributed by atoms with E-state index in [4.69, 9.17) is 0 Å². The van der Waals surface area contributed by atoms with Crippen molar-refractivity contribution in [3.63, 3.8) is 0 Å². The van der Waals surface area contributed by atoms with Gasteiger partial charge in [-0.05, 0) is 87.4 Å². The predicted molar refractivity (Wildman–Crippen MR) is 165 cm³/mol. The van der Waals surface area contributed by atoms with Crippen LogP contribution in [-0.4, -0.2) is 0 Å². The maximum Gasteiger partial charge on any atom is 0.222 e. The standard InChI is InChI=1S/C36H40NS/c1-21-14-15-25-26-16-17-37(9)33-31-22(2)23-12-10-11-13-24(23)29(20-36(6,7)8)34(31)38-30(32(26)33)18-27(25)28(21)19-35(3,4)5/h10-18H,19-20H2,1-9H3/q+1. The molecule has 2 heterocycles. The van der Waals surface area contributed by atoms with Gasteiger partial charge in [0.1, 0.15) is 7.05 Å². The van der Waals surface area contributed by atoms with Gasteiger partial charge in [-0.15, -0.1) is 0 Å². The Morgan fingerprint density at radius 1 is 0.711 bits per heavy atom. The van der Waals surface area contributed by atoms with E-state index in [1.807, 2.05) is 11.8 Å². The number of nitrogens with zero attached hydrogens (tertiary/aromatic N) is 1. The largest absolute Gasteiger partial charge is 0.222 e. The minimum atomic E-state index is 0.196. The molecule has 0 N–H and O–H groups in total. The molecule has 6 rings (SSSR count). The Morgan fingerprint density at radius 2 is 1.37 bits per heavy atom. The van der Waals surface area contributed by atoms with Gasteiger partial charge in [-0.3, -0.25) is 0 Å². The van der Waals surface area contributed by atoms with Gasteiger partial charge < -0.3 is 0 Å². The number of fused-ring (bicyclic) bond motifs is 5. The van der Waals surface area contributed by atoms with Crippen molar-refractivity contribution in [2.45, 2.75) is 78.0 Å². The van der Waals surface area contributed by atoms with Crippen molar-refractivity contribution in [3.05, 3.63) is 77.0 Å². The molecule has 38 heavy (non-hydrogen) atoms. The molecule has 2 heteroatoms. The summed E-state index contributed by atoms with van der Waals surface area (Å²) in [4.78, 5) is 2.85. The zero-order chi connectivity index (χ0) is 27.1. The quantitative estimate of drug-likeness (QED) is 0.163. The Bertz CT molecular complexity index is 1780. The summed E-state index contributed by atoms with van der Waals surface area (Å²) in [5.74, 6) is 0. The average molecular weight is 519 g/mol. The van der Waals surface area contributed by atoms with E-state index in [1.54, 1.807) is 0 Å². The fourth-order valence-corrected chi connectivity index (χ4v) is 7.87. The first-order valence-corrected chi connectivity index (χ1v) is 14.8. The molecule has 0 fully saturated rings. The second kappa shape index (κ2) is 8.58. The lowest BCUT2D eigenvalue weighted by Crippen LogP contribution is -2.32. The number of benzene rings is 4. The van der Waals surface area contributed by atoms with Crippen molar-refractivity contribution in [1.82, 2.24) is 0 Å².